The smallest absolute Gasteiger partial charge is 0.319 e. The number of para-hydroxylation sites is 2. The molecule has 120 valence electrons. The van der Waals surface area contributed by atoms with Gasteiger partial charge in [0.25, 0.3) is 0 Å². The monoisotopic (exact) mass is 310 g/mol. The molecule has 0 saturated heterocycles. The van der Waals surface area contributed by atoms with E-state index >= 15 is 0 Å². The quantitative estimate of drug-likeness (QED) is 0.894. The van der Waals surface area contributed by atoms with Crippen LogP contribution in [0.1, 0.15) is 36.1 Å². The highest BCUT2D eigenvalue weighted by Gasteiger charge is 2.15. The maximum atomic E-state index is 12.2. The van der Waals surface area contributed by atoms with Crippen molar-refractivity contribution in [3.8, 4) is 5.75 Å². The Morgan fingerprint density at radius 3 is 2.74 bits per heavy atom. The summed E-state index contributed by atoms with van der Waals surface area (Å²) in [5.74, 6) is 0.646. The Balaban J connectivity index is 1.65. The van der Waals surface area contributed by atoms with E-state index in [2.05, 4.69) is 28.8 Å². The third-order valence-corrected chi connectivity index (χ3v) is 4.33. The number of benzene rings is 2. The molecule has 2 aromatic carbocycles. The van der Waals surface area contributed by atoms with Crippen molar-refractivity contribution >= 4 is 11.7 Å². The lowest BCUT2D eigenvalue weighted by Crippen LogP contribution is -2.31. The van der Waals surface area contributed by atoms with Crippen molar-refractivity contribution in [2.75, 3.05) is 12.4 Å². The fourth-order valence-electron chi connectivity index (χ4n) is 3.05. The number of anilines is 1. The van der Waals surface area contributed by atoms with E-state index < -0.39 is 0 Å². The fourth-order valence-corrected chi connectivity index (χ4v) is 3.05. The highest BCUT2D eigenvalue weighted by atomic mass is 16.5. The number of aryl methyl sites for hydroxylation is 2. The molecule has 0 aliphatic heterocycles. The number of amides is 2. The average molecular weight is 310 g/mol. The Morgan fingerprint density at radius 1 is 1.13 bits per heavy atom. The third-order valence-electron chi connectivity index (χ3n) is 4.33. The van der Waals surface area contributed by atoms with Crippen LogP contribution in [-0.2, 0) is 12.8 Å². The molecule has 4 heteroatoms. The van der Waals surface area contributed by atoms with Crippen LogP contribution < -0.4 is 15.4 Å². The number of nitrogens with one attached hydrogen (secondary N) is 2. The van der Waals surface area contributed by atoms with E-state index in [1.807, 2.05) is 31.2 Å². The van der Waals surface area contributed by atoms with Gasteiger partial charge in [-0.3, -0.25) is 0 Å². The minimum absolute atomic E-state index is 0.0457. The second-order valence-electron chi connectivity index (χ2n) is 5.90. The second kappa shape index (κ2) is 6.73. The van der Waals surface area contributed by atoms with Crippen LogP contribution in [0.15, 0.2) is 42.5 Å². The van der Waals surface area contributed by atoms with Crippen molar-refractivity contribution in [1.82, 2.24) is 5.32 Å². The van der Waals surface area contributed by atoms with Gasteiger partial charge in [0, 0.05) is 0 Å². The zero-order valence-corrected chi connectivity index (χ0v) is 13.6. The Labute approximate surface area is 136 Å². The van der Waals surface area contributed by atoms with E-state index in [1.165, 1.54) is 24.0 Å². The van der Waals surface area contributed by atoms with Gasteiger partial charge in [-0.15, -0.1) is 0 Å². The Kier molecular flexibility index (Phi) is 4.51. The van der Waals surface area contributed by atoms with Crippen molar-refractivity contribution in [3.05, 3.63) is 59.2 Å². The summed E-state index contributed by atoms with van der Waals surface area (Å²) < 4.78 is 5.24. The Hall–Kier alpha value is -2.49. The number of carbonyl (C=O) groups is 1. The summed E-state index contributed by atoms with van der Waals surface area (Å²) >= 11 is 0. The van der Waals surface area contributed by atoms with Crippen molar-refractivity contribution in [2.45, 2.75) is 32.2 Å². The molecule has 0 heterocycles. The van der Waals surface area contributed by atoms with Crippen LogP contribution in [0.2, 0.25) is 0 Å². The highest BCUT2D eigenvalue weighted by Crippen LogP contribution is 2.26. The van der Waals surface area contributed by atoms with Gasteiger partial charge in [0.2, 0.25) is 0 Å². The van der Waals surface area contributed by atoms with E-state index in [1.54, 1.807) is 7.11 Å². The van der Waals surface area contributed by atoms with Crippen molar-refractivity contribution < 1.29 is 9.53 Å². The van der Waals surface area contributed by atoms with Gasteiger partial charge in [-0.1, -0.05) is 30.3 Å². The molecule has 2 aromatic rings. The molecule has 1 atom stereocenters. The molecule has 2 amide bonds. The van der Waals surface area contributed by atoms with Crippen molar-refractivity contribution in [3.63, 3.8) is 0 Å². The first kappa shape index (κ1) is 15.4. The second-order valence-corrected chi connectivity index (χ2v) is 5.90. The van der Waals surface area contributed by atoms with Gasteiger partial charge in [-0.25, -0.2) is 4.79 Å². The summed E-state index contributed by atoms with van der Waals surface area (Å²) in [6, 6.07) is 13.6. The molecule has 0 unspecified atom stereocenters. The lowest BCUT2D eigenvalue weighted by Gasteiger charge is -2.17. The third kappa shape index (κ3) is 3.47. The van der Waals surface area contributed by atoms with E-state index in [0.29, 0.717) is 11.4 Å². The molecular weight excluding hydrogens is 288 g/mol. The standard InChI is InChI=1S/C19H22N2O2/c1-13(15-11-10-14-6-5-7-16(14)12-15)20-19(22)21-17-8-3-4-9-18(17)23-2/h3-4,8-13H,5-7H2,1-2H3,(H2,20,21,22)/t13-/m0/s1. The Bertz CT molecular complexity index is 712. The molecule has 0 bridgehead atoms. The van der Waals surface area contributed by atoms with Crippen LogP contribution in [0.3, 0.4) is 0 Å². The predicted octanol–water partition coefficient (Wildman–Crippen LogP) is 4.07. The van der Waals surface area contributed by atoms with Crippen LogP contribution in [0, 0.1) is 0 Å². The molecule has 1 aliphatic carbocycles. The van der Waals surface area contributed by atoms with Gasteiger partial charge in [0.15, 0.2) is 0 Å². The van der Waals surface area contributed by atoms with E-state index in [9.17, 15) is 4.79 Å². The number of hydrogen-bond acceptors (Lipinski definition) is 2. The van der Waals surface area contributed by atoms with Crippen LogP contribution in [0.4, 0.5) is 10.5 Å². The minimum atomic E-state index is -0.234. The molecular formula is C19H22N2O2. The van der Waals surface area contributed by atoms with Crippen molar-refractivity contribution in [2.24, 2.45) is 0 Å². The van der Waals surface area contributed by atoms with E-state index in [0.717, 1.165) is 12.0 Å². The molecule has 1 aliphatic rings. The zero-order chi connectivity index (χ0) is 16.2. The topological polar surface area (TPSA) is 50.4 Å². The summed E-state index contributed by atoms with van der Waals surface area (Å²) in [6.45, 7) is 2.00. The summed E-state index contributed by atoms with van der Waals surface area (Å²) in [5.41, 5.74) is 4.66. The highest BCUT2D eigenvalue weighted by molar-refractivity contribution is 5.91. The molecule has 23 heavy (non-hydrogen) atoms. The summed E-state index contributed by atoms with van der Waals surface area (Å²) in [6.07, 6.45) is 3.55. The molecule has 0 spiro atoms. The number of urea groups is 1. The summed E-state index contributed by atoms with van der Waals surface area (Å²) in [7, 11) is 1.59. The summed E-state index contributed by atoms with van der Waals surface area (Å²) in [4.78, 5) is 12.2. The first-order chi connectivity index (χ1) is 11.2. The predicted molar refractivity (Wildman–Crippen MR) is 92.0 cm³/mol. The zero-order valence-electron chi connectivity index (χ0n) is 13.6. The van der Waals surface area contributed by atoms with Crippen LogP contribution in [-0.4, -0.2) is 13.1 Å². The lowest BCUT2D eigenvalue weighted by atomic mass is 10.0. The van der Waals surface area contributed by atoms with Gasteiger partial charge in [-0.05, 0) is 55.0 Å². The Morgan fingerprint density at radius 2 is 1.91 bits per heavy atom. The number of hydrogen-bond donors (Lipinski definition) is 2. The first-order valence-electron chi connectivity index (χ1n) is 7.99. The molecule has 0 radical (unpaired) electrons. The number of carbonyl (C=O) groups excluding carboxylic acids is 1. The fraction of sp³-hybridized carbons (Fsp3) is 0.316. The number of fused-ring (bicyclic) bond motifs is 1. The summed E-state index contributed by atoms with van der Waals surface area (Å²) in [5, 5.41) is 5.82. The molecule has 3 rings (SSSR count). The minimum Gasteiger partial charge on any atom is -0.495 e. The van der Waals surface area contributed by atoms with Crippen LogP contribution in [0.25, 0.3) is 0 Å². The lowest BCUT2D eigenvalue weighted by molar-refractivity contribution is 0.249. The molecule has 4 nitrogen and oxygen atoms in total. The molecule has 0 saturated carbocycles. The first-order valence-corrected chi connectivity index (χ1v) is 7.99. The SMILES string of the molecule is COc1ccccc1NC(=O)N[C@@H](C)c1ccc2c(c1)CCC2. The molecule has 2 N–H and O–H groups in total. The van der Waals surface area contributed by atoms with Crippen LogP contribution in [0.5, 0.6) is 5.75 Å². The van der Waals surface area contributed by atoms with Gasteiger partial charge >= 0.3 is 6.03 Å². The number of methoxy groups -OCH3 is 1. The van der Waals surface area contributed by atoms with Gasteiger partial charge in [0.1, 0.15) is 5.75 Å². The number of rotatable bonds is 4. The number of ether oxygens (including phenoxy) is 1. The van der Waals surface area contributed by atoms with Gasteiger partial charge in [-0.2, -0.15) is 0 Å². The average Bonchev–Trinajstić information content (AvgIpc) is 3.02. The van der Waals surface area contributed by atoms with Gasteiger partial charge < -0.3 is 15.4 Å². The normalized spacial score (nSPS) is 14.0. The molecule has 0 fully saturated rings. The largest absolute Gasteiger partial charge is 0.495 e. The maximum Gasteiger partial charge on any atom is 0.319 e. The molecule has 0 aromatic heterocycles. The van der Waals surface area contributed by atoms with E-state index in [-0.39, 0.29) is 12.1 Å². The maximum absolute atomic E-state index is 12.2. The van der Waals surface area contributed by atoms with Gasteiger partial charge in [0.05, 0.1) is 18.8 Å². The van der Waals surface area contributed by atoms with Crippen LogP contribution >= 0.6 is 0 Å². The van der Waals surface area contributed by atoms with E-state index in [4.69, 9.17) is 4.74 Å². The van der Waals surface area contributed by atoms with Crippen molar-refractivity contribution in [1.29, 1.82) is 0 Å².